The van der Waals surface area contributed by atoms with E-state index in [1.165, 1.54) is 12.5 Å². The first kappa shape index (κ1) is 13.9. The first-order valence-corrected chi connectivity index (χ1v) is 6.58. The number of nitrogens with two attached hydrogens (primary N) is 1. The molecule has 19 heavy (non-hydrogen) atoms. The quantitative estimate of drug-likeness (QED) is 0.881. The largest absolute Gasteiger partial charge is 0.368 e. The van der Waals surface area contributed by atoms with Gasteiger partial charge in [-0.2, -0.15) is 0 Å². The second kappa shape index (κ2) is 6.10. The van der Waals surface area contributed by atoms with Crippen molar-refractivity contribution in [1.82, 2.24) is 5.32 Å². The van der Waals surface area contributed by atoms with Crippen LogP contribution >= 0.6 is 0 Å². The highest BCUT2D eigenvalue weighted by Crippen LogP contribution is 2.23. The number of primary amides is 1. The summed E-state index contributed by atoms with van der Waals surface area (Å²) < 4.78 is 26.6. The van der Waals surface area contributed by atoms with E-state index in [1.807, 2.05) is 0 Å². The van der Waals surface area contributed by atoms with E-state index in [0.717, 1.165) is 37.8 Å². The molecular weight excluding hydrogens is 250 g/mol. The lowest BCUT2D eigenvalue weighted by Crippen LogP contribution is -2.41. The number of halogens is 2. The second-order valence-electron chi connectivity index (χ2n) is 5.00. The van der Waals surface area contributed by atoms with Crippen LogP contribution in [0, 0.1) is 11.6 Å². The van der Waals surface area contributed by atoms with E-state index in [2.05, 4.69) is 5.32 Å². The molecule has 1 saturated carbocycles. The fraction of sp³-hybridized carbons (Fsp3) is 0.500. The Hall–Kier alpha value is -1.49. The van der Waals surface area contributed by atoms with Crippen LogP contribution < -0.4 is 11.1 Å². The summed E-state index contributed by atoms with van der Waals surface area (Å²) in [6.45, 7) is 0. The van der Waals surface area contributed by atoms with E-state index in [-0.39, 0.29) is 11.6 Å². The van der Waals surface area contributed by atoms with Gasteiger partial charge in [0.25, 0.3) is 0 Å². The van der Waals surface area contributed by atoms with Gasteiger partial charge in [0, 0.05) is 17.7 Å². The zero-order valence-corrected chi connectivity index (χ0v) is 10.7. The summed E-state index contributed by atoms with van der Waals surface area (Å²) in [5.74, 6) is -2.05. The third kappa shape index (κ3) is 3.50. The van der Waals surface area contributed by atoms with Gasteiger partial charge in [0.2, 0.25) is 5.91 Å². The molecule has 1 aliphatic rings. The molecule has 0 heterocycles. The third-order valence-corrected chi connectivity index (χ3v) is 3.57. The van der Waals surface area contributed by atoms with Crippen LogP contribution in [-0.2, 0) is 4.79 Å². The zero-order chi connectivity index (χ0) is 13.8. The molecule has 1 unspecified atom stereocenters. The van der Waals surface area contributed by atoms with Crippen molar-refractivity contribution in [2.45, 2.75) is 44.2 Å². The maximum atomic E-state index is 13.7. The molecule has 1 amide bonds. The number of amides is 1. The topological polar surface area (TPSA) is 55.1 Å². The van der Waals surface area contributed by atoms with Crippen molar-refractivity contribution < 1.29 is 13.6 Å². The van der Waals surface area contributed by atoms with Gasteiger partial charge < -0.3 is 5.73 Å². The molecule has 1 aromatic rings. The van der Waals surface area contributed by atoms with E-state index in [0.29, 0.717) is 0 Å². The summed E-state index contributed by atoms with van der Waals surface area (Å²) in [4.78, 5) is 11.5. The van der Waals surface area contributed by atoms with Crippen molar-refractivity contribution >= 4 is 5.91 Å². The molecule has 1 atom stereocenters. The zero-order valence-electron chi connectivity index (χ0n) is 10.7. The average molecular weight is 268 g/mol. The molecule has 5 heteroatoms. The third-order valence-electron chi connectivity index (χ3n) is 3.57. The van der Waals surface area contributed by atoms with Gasteiger partial charge >= 0.3 is 0 Å². The van der Waals surface area contributed by atoms with Crippen LogP contribution in [0.2, 0.25) is 0 Å². The molecule has 0 aliphatic heterocycles. The van der Waals surface area contributed by atoms with E-state index in [4.69, 9.17) is 5.73 Å². The van der Waals surface area contributed by atoms with Gasteiger partial charge in [-0.05, 0) is 18.9 Å². The Kier molecular flexibility index (Phi) is 4.47. The molecule has 0 bridgehead atoms. The minimum absolute atomic E-state index is 0.111. The average Bonchev–Trinajstić information content (AvgIpc) is 2.38. The Labute approximate surface area is 111 Å². The summed E-state index contributed by atoms with van der Waals surface area (Å²) >= 11 is 0. The van der Waals surface area contributed by atoms with Gasteiger partial charge in [-0.25, -0.2) is 8.78 Å². The highest BCUT2D eigenvalue weighted by atomic mass is 19.1. The molecule has 0 saturated heterocycles. The van der Waals surface area contributed by atoms with E-state index < -0.39 is 23.6 Å². The fourth-order valence-corrected chi connectivity index (χ4v) is 2.57. The smallest absolute Gasteiger partial charge is 0.239 e. The minimum Gasteiger partial charge on any atom is -0.368 e. The van der Waals surface area contributed by atoms with Crippen molar-refractivity contribution in [1.29, 1.82) is 0 Å². The molecule has 0 aromatic heterocycles. The molecule has 0 radical (unpaired) electrons. The molecule has 0 spiro atoms. The molecule has 1 aromatic carbocycles. The molecule has 104 valence electrons. The highest BCUT2D eigenvalue weighted by Gasteiger charge is 2.25. The molecule has 1 fully saturated rings. The van der Waals surface area contributed by atoms with Gasteiger partial charge in [0.05, 0.1) is 0 Å². The second-order valence-corrected chi connectivity index (χ2v) is 5.00. The Morgan fingerprint density at radius 1 is 1.26 bits per heavy atom. The maximum Gasteiger partial charge on any atom is 0.239 e. The van der Waals surface area contributed by atoms with Gasteiger partial charge in [-0.3, -0.25) is 10.1 Å². The summed E-state index contributed by atoms with van der Waals surface area (Å²) in [7, 11) is 0. The lowest BCUT2D eigenvalue weighted by Gasteiger charge is -2.27. The lowest BCUT2D eigenvalue weighted by molar-refractivity contribution is -0.120. The van der Waals surface area contributed by atoms with Gasteiger partial charge in [0.1, 0.15) is 17.7 Å². The van der Waals surface area contributed by atoms with E-state index >= 15 is 0 Å². The van der Waals surface area contributed by atoms with Crippen molar-refractivity contribution in [3.8, 4) is 0 Å². The van der Waals surface area contributed by atoms with Crippen LogP contribution in [0.4, 0.5) is 8.78 Å². The first-order valence-electron chi connectivity index (χ1n) is 6.58. The summed E-state index contributed by atoms with van der Waals surface area (Å²) in [6.07, 6.45) is 5.27. The summed E-state index contributed by atoms with van der Waals surface area (Å²) in [5, 5.41) is 3.09. The summed E-state index contributed by atoms with van der Waals surface area (Å²) in [5.41, 5.74) is 5.44. The standard InChI is InChI=1S/C14H18F2N2O/c15-9-6-7-11(12(16)8-9)13(14(17)19)18-10-4-2-1-3-5-10/h6-8,10,13,18H,1-5H2,(H2,17,19). The summed E-state index contributed by atoms with van der Waals surface area (Å²) in [6, 6.07) is 2.44. The van der Waals surface area contributed by atoms with Crippen molar-refractivity contribution in [2.24, 2.45) is 5.73 Å². The van der Waals surface area contributed by atoms with E-state index in [1.54, 1.807) is 0 Å². The normalized spacial score (nSPS) is 18.2. The number of carbonyl (C=O) groups is 1. The monoisotopic (exact) mass is 268 g/mol. The highest BCUT2D eigenvalue weighted by molar-refractivity contribution is 5.81. The predicted molar refractivity (Wildman–Crippen MR) is 68.3 cm³/mol. The number of nitrogens with one attached hydrogen (secondary N) is 1. The first-order chi connectivity index (χ1) is 9.08. The Balaban J connectivity index is 2.17. The van der Waals surface area contributed by atoms with Crippen LogP contribution in [0.5, 0.6) is 0 Å². The van der Waals surface area contributed by atoms with Crippen molar-refractivity contribution in [3.63, 3.8) is 0 Å². The van der Waals surface area contributed by atoms with Crippen LogP contribution in [0.1, 0.15) is 43.7 Å². The minimum atomic E-state index is -0.899. The van der Waals surface area contributed by atoms with Crippen LogP contribution in [0.25, 0.3) is 0 Å². The predicted octanol–water partition coefficient (Wildman–Crippen LogP) is 2.41. The number of hydrogen-bond donors (Lipinski definition) is 2. The number of rotatable bonds is 4. The number of hydrogen-bond acceptors (Lipinski definition) is 2. The van der Waals surface area contributed by atoms with Crippen LogP contribution in [-0.4, -0.2) is 11.9 Å². The number of benzene rings is 1. The van der Waals surface area contributed by atoms with Gasteiger partial charge in [-0.1, -0.05) is 25.3 Å². The van der Waals surface area contributed by atoms with Crippen LogP contribution in [0.15, 0.2) is 18.2 Å². The Bertz CT molecular complexity index is 459. The Morgan fingerprint density at radius 3 is 2.53 bits per heavy atom. The lowest BCUT2D eigenvalue weighted by atomic mass is 9.93. The molecule has 1 aliphatic carbocycles. The SMILES string of the molecule is NC(=O)C(NC1CCCCC1)c1ccc(F)cc1F. The van der Waals surface area contributed by atoms with Crippen molar-refractivity contribution in [3.05, 3.63) is 35.4 Å². The molecule has 2 rings (SSSR count). The molecule has 3 nitrogen and oxygen atoms in total. The molecular formula is C14H18F2N2O. The van der Waals surface area contributed by atoms with E-state index in [9.17, 15) is 13.6 Å². The Morgan fingerprint density at radius 2 is 1.95 bits per heavy atom. The van der Waals surface area contributed by atoms with Gasteiger partial charge in [-0.15, -0.1) is 0 Å². The van der Waals surface area contributed by atoms with Crippen LogP contribution in [0.3, 0.4) is 0 Å². The maximum absolute atomic E-state index is 13.7. The van der Waals surface area contributed by atoms with Gasteiger partial charge in [0.15, 0.2) is 0 Å². The van der Waals surface area contributed by atoms with Crippen molar-refractivity contribution in [2.75, 3.05) is 0 Å². The fourth-order valence-electron chi connectivity index (χ4n) is 2.57. The number of carbonyl (C=O) groups excluding carboxylic acids is 1. The molecule has 3 N–H and O–H groups in total.